The summed E-state index contributed by atoms with van der Waals surface area (Å²) in [7, 11) is 0. The van der Waals surface area contributed by atoms with Gasteiger partial charge >= 0.3 is 0 Å². The van der Waals surface area contributed by atoms with Crippen LogP contribution in [0.25, 0.3) is 0 Å². The third kappa shape index (κ3) is 6.73. The minimum Gasteiger partial charge on any atom is -0.376 e. The number of hydrogen-bond acceptors (Lipinski definition) is 3. The summed E-state index contributed by atoms with van der Waals surface area (Å²) in [4.78, 5) is 26.9. The van der Waals surface area contributed by atoms with Gasteiger partial charge in [-0.3, -0.25) is 9.59 Å². The van der Waals surface area contributed by atoms with E-state index < -0.39 is 0 Å². The minimum absolute atomic E-state index is 0.0712. The molecule has 0 radical (unpaired) electrons. The molecule has 2 amide bonds. The molecule has 0 heterocycles. The largest absolute Gasteiger partial charge is 0.376 e. The molecular formula is C21H32ClN3O2. The van der Waals surface area contributed by atoms with Crippen molar-refractivity contribution >= 4 is 29.1 Å². The fraction of sp³-hybridized carbons (Fsp3) is 0.619. The van der Waals surface area contributed by atoms with Gasteiger partial charge in [-0.25, -0.2) is 0 Å². The second kappa shape index (κ2) is 11.2. The van der Waals surface area contributed by atoms with Gasteiger partial charge in [0.1, 0.15) is 0 Å². The molecule has 1 aliphatic carbocycles. The third-order valence-electron chi connectivity index (χ3n) is 4.93. The molecular weight excluding hydrogens is 362 g/mol. The Kier molecular flexibility index (Phi) is 8.92. The third-order valence-corrected chi connectivity index (χ3v) is 5.26. The Morgan fingerprint density at radius 2 is 1.78 bits per heavy atom. The zero-order valence-electron chi connectivity index (χ0n) is 16.5. The maximum atomic E-state index is 12.6. The monoisotopic (exact) mass is 393 g/mol. The Morgan fingerprint density at radius 3 is 2.41 bits per heavy atom. The van der Waals surface area contributed by atoms with Crippen LogP contribution in [0.15, 0.2) is 18.2 Å². The van der Waals surface area contributed by atoms with Gasteiger partial charge in [0.15, 0.2) is 0 Å². The van der Waals surface area contributed by atoms with E-state index >= 15 is 0 Å². The van der Waals surface area contributed by atoms with E-state index in [2.05, 4.69) is 24.5 Å². The maximum absolute atomic E-state index is 12.6. The predicted molar refractivity (Wildman–Crippen MR) is 111 cm³/mol. The molecule has 0 bridgehead atoms. The topological polar surface area (TPSA) is 61.4 Å². The molecule has 5 nitrogen and oxygen atoms in total. The molecule has 1 aliphatic rings. The van der Waals surface area contributed by atoms with Crippen LogP contribution in [0.4, 0.5) is 5.69 Å². The van der Waals surface area contributed by atoms with Gasteiger partial charge in [-0.05, 0) is 43.9 Å². The number of rotatable bonds is 9. The number of carbonyl (C=O) groups excluding carboxylic acids is 2. The van der Waals surface area contributed by atoms with Crippen LogP contribution in [-0.2, 0) is 4.79 Å². The van der Waals surface area contributed by atoms with Crippen molar-refractivity contribution in [3.8, 4) is 0 Å². The molecule has 0 spiro atoms. The van der Waals surface area contributed by atoms with E-state index in [1.54, 1.807) is 18.2 Å². The lowest BCUT2D eigenvalue weighted by molar-refractivity contribution is -0.129. The molecule has 1 fully saturated rings. The van der Waals surface area contributed by atoms with Crippen LogP contribution in [0.5, 0.6) is 0 Å². The molecule has 27 heavy (non-hydrogen) atoms. The number of hydrogen-bond donors (Lipinski definition) is 2. The van der Waals surface area contributed by atoms with Gasteiger partial charge in [-0.15, -0.1) is 0 Å². The Labute approximate surface area is 167 Å². The summed E-state index contributed by atoms with van der Waals surface area (Å²) in [5, 5.41) is 6.66. The van der Waals surface area contributed by atoms with Crippen molar-refractivity contribution in [3.63, 3.8) is 0 Å². The highest BCUT2D eigenvalue weighted by Crippen LogP contribution is 2.22. The smallest absolute Gasteiger partial charge is 0.253 e. The second-order valence-electron chi connectivity index (χ2n) is 7.24. The van der Waals surface area contributed by atoms with Gasteiger partial charge in [0.25, 0.3) is 5.91 Å². The van der Waals surface area contributed by atoms with Gasteiger partial charge in [0.2, 0.25) is 5.91 Å². The van der Waals surface area contributed by atoms with Crippen LogP contribution < -0.4 is 10.6 Å². The second-order valence-corrected chi connectivity index (χ2v) is 7.64. The van der Waals surface area contributed by atoms with E-state index in [9.17, 15) is 9.59 Å². The number of halogens is 1. The molecule has 0 unspecified atom stereocenters. The lowest BCUT2D eigenvalue weighted by Gasteiger charge is -2.23. The average Bonchev–Trinajstić information content (AvgIpc) is 2.67. The van der Waals surface area contributed by atoms with Crippen LogP contribution in [0.1, 0.15) is 69.2 Å². The van der Waals surface area contributed by atoms with Crippen molar-refractivity contribution in [2.75, 3.05) is 25.0 Å². The fourth-order valence-electron chi connectivity index (χ4n) is 3.51. The van der Waals surface area contributed by atoms with Crippen LogP contribution in [-0.4, -0.2) is 42.4 Å². The Morgan fingerprint density at radius 1 is 1.11 bits per heavy atom. The SMILES string of the molecule is CCCN(CCC)C(=O)CNc1ccc(Cl)c(C(=O)NC2CCCCC2)c1. The summed E-state index contributed by atoms with van der Waals surface area (Å²) in [6.45, 7) is 5.89. The van der Waals surface area contributed by atoms with Crippen LogP contribution in [0.2, 0.25) is 5.02 Å². The quantitative estimate of drug-likeness (QED) is 0.650. The zero-order chi connectivity index (χ0) is 19.6. The summed E-state index contributed by atoms with van der Waals surface area (Å²) < 4.78 is 0. The van der Waals surface area contributed by atoms with Gasteiger partial charge < -0.3 is 15.5 Å². The van der Waals surface area contributed by atoms with Gasteiger partial charge in [0.05, 0.1) is 17.1 Å². The first-order chi connectivity index (χ1) is 13.0. The fourth-order valence-corrected chi connectivity index (χ4v) is 3.71. The first kappa shape index (κ1) is 21.5. The van der Waals surface area contributed by atoms with Crippen molar-refractivity contribution in [3.05, 3.63) is 28.8 Å². The number of nitrogens with one attached hydrogen (secondary N) is 2. The maximum Gasteiger partial charge on any atom is 0.253 e. The zero-order valence-corrected chi connectivity index (χ0v) is 17.3. The van der Waals surface area contributed by atoms with Crippen LogP contribution in [0, 0.1) is 0 Å². The van der Waals surface area contributed by atoms with E-state index in [4.69, 9.17) is 11.6 Å². The summed E-state index contributed by atoms with van der Waals surface area (Å²) in [6.07, 6.45) is 7.51. The molecule has 1 saturated carbocycles. The van der Waals surface area contributed by atoms with Gasteiger partial charge in [0, 0.05) is 24.8 Å². The Balaban J connectivity index is 1.97. The highest BCUT2D eigenvalue weighted by molar-refractivity contribution is 6.34. The number of amides is 2. The summed E-state index contributed by atoms with van der Waals surface area (Å²) in [6, 6.07) is 5.48. The van der Waals surface area contributed by atoms with Crippen molar-refractivity contribution < 1.29 is 9.59 Å². The molecule has 1 aromatic rings. The predicted octanol–water partition coefficient (Wildman–Crippen LogP) is 4.46. The first-order valence-corrected chi connectivity index (χ1v) is 10.5. The molecule has 2 N–H and O–H groups in total. The van der Waals surface area contributed by atoms with Crippen LogP contribution >= 0.6 is 11.6 Å². The Hall–Kier alpha value is -1.75. The molecule has 0 atom stereocenters. The van der Waals surface area contributed by atoms with Crippen LogP contribution in [0.3, 0.4) is 0 Å². The molecule has 6 heteroatoms. The van der Waals surface area contributed by atoms with Crippen molar-refractivity contribution in [2.45, 2.75) is 64.8 Å². The van der Waals surface area contributed by atoms with Gasteiger partial charge in [-0.2, -0.15) is 0 Å². The number of benzene rings is 1. The molecule has 0 aromatic heterocycles. The van der Waals surface area contributed by atoms with Gasteiger partial charge in [-0.1, -0.05) is 44.7 Å². The number of anilines is 1. The molecule has 2 rings (SSSR count). The van der Waals surface area contributed by atoms with Crippen molar-refractivity contribution in [2.24, 2.45) is 0 Å². The number of carbonyl (C=O) groups is 2. The molecule has 0 aliphatic heterocycles. The highest BCUT2D eigenvalue weighted by Gasteiger charge is 2.19. The summed E-state index contributed by atoms with van der Waals surface area (Å²) in [5.41, 5.74) is 1.19. The van der Waals surface area contributed by atoms with E-state index in [1.807, 2.05) is 4.90 Å². The molecule has 1 aromatic carbocycles. The lowest BCUT2D eigenvalue weighted by atomic mass is 9.95. The molecule has 0 saturated heterocycles. The summed E-state index contributed by atoms with van der Waals surface area (Å²) >= 11 is 6.24. The van der Waals surface area contributed by atoms with E-state index in [0.717, 1.165) is 57.3 Å². The highest BCUT2D eigenvalue weighted by atomic mass is 35.5. The van der Waals surface area contributed by atoms with Crippen molar-refractivity contribution in [1.29, 1.82) is 0 Å². The standard InChI is InChI=1S/C21H32ClN3O2/c1-3-12-25(13-4-2)20(26)15-23-17-10-11-19(22)18(14-17)21(27)24-16-8-6-5-7-9-16/h10-11,14,16,23H,3-9,12-13,15H2,1-2H3,(H,24,27). The molecule has 150 valence electrons. The average molecular weight is 394 g/mol. The normalized spacial score (nSPS) is 14.6. The van der Waals surface area contributed by atoms with E-state index in [-0.39, 0.29) is 24.4 Å². The van der Waals surface area contributed by atoms with E-state index in [0.29, 0.717) is 10.6 Å². The van der Waals surface area contributed by atoms with E-state index in [1.165, 1.54) is 6.42 Å². The summed E-state index contributed by atoms with van der Waals surface area (Å²) in [5.74, 6) is -0.0673. The number of nitrogens with zero attached hydrogens (tertiary/aromatic N) is 1. The van der Waals surface area contributed by atoms with Crippen molar-refractivity contribution in [1.82, 2.24) is 10.2 Å². The lowest BCUT2D eigenvalue weighted by Crippen LogP contribution is -2.37. The first-order valence-electron chi connectivity index (χ1n) is 10.2. The minimum atomic E-state index is -0.138. The Bertz CT molecular complexity index is 624.